The summed E-state index contributed by atoms with van der Waals surface area (Å²) in [7, 11) is 1.92. The highest BCUT2D eigenvalue weighted by molar-refractivity contribution is 5.42. The van der Waals surface area contributed by atoms with Crippen LogP contribution in [0.5, 0.6) is 0 Å². The van der Waals surface area contributed by atoms with Crippen molar-refractivity contribution < 1.29 is 0 Å². The van der Waals surface area contributed by atoms with E-state index in [2.05, 4.69) is 20.5 Å². The largest absolute Gasteiger partial charge is 0.353 e. The normalized spacial score (nSPS) is 10.9. The number of pyridine rings is 1. The molecule has 0 saturated heterocycles. The van der Waals surface area contributed by atoms with Gasteiger partial charge in [-0.1, -0.05) is 6.07 Å². The Labute approximate surface area is 104 Å². The van der Waals surface area contributed by atoms with Crippen LogP contribution in [0.3, 0.4) is 0 Å². The molecule has 1 N–H and O–H groups in total. The second-order valence-corrected chi connectivity index (χ2v) is 4.10. The van der Waals surface area contributed by atoms with Gasteiger partial charge in [0.15, 0.2) is 5.65 Å². The SMILES string of the molecule is Cn1ccc(CCNc2nc3ccccn3n2)n1. The van der Waals surface area contributed by atoms with Gasteiger partial charge in [-0.3, -0.25) is 4.68 Å². The van der Waals surface area contributed by atoms with Crippen molar-refractivity contribution in [2.45, 2.75) is 6.42 Å². The first-order valence-corrected chi connectivity index (χ1v) is 5.85. The number of aryl methyl sites for hydroxylation is 1. The molecule has 0 aliphatic carbocycles. The van der Waals surface area contributed by atoms with Crippen molar-refractivity contribution >= 4 is 11.6 Å². The van der Waals surface area contributed by atoms with Crippen LogP contribution in [-0.4, -0.2) is 30.9 Å². The number of aromatic nitrogens is 5. The Morgan fingerprint density at radius 3 is 2.89 bits per heavy atom. The zero-order valence-electron chi connectivity index (χ0n) is 10.1. The minimum atomic E-state index is 0.650. The zero-order chi connectivity index (χ0) is 12.4. The van der Waals surface area contributed by atoms with Crippen LogP contribution in [0.25, 0.3) is 5.65 Å². The van der Waals surface area contributed by atoms with Crippen LogP contribution in [0.1, 0.15) is 5.69 Å². The van der Waals surface area contributed by atoms with Gasteiger partial charge in [0, 0.05) is 32.4 Å². The lowest BCUT2D eigenvalue weighted by molar-refractivity contribution is 0.741. The second-order valence-electron chi connectivity index (χ2n) is 4.10. The Bertz CT molecular complexity index is 620. The number of fused-ring (bicyclic) bond motifs is 1. The van der Waals surface area contributed by atoms with Crippen LogP contribution < -0.4 is 5.32 Å². The highest BCUT2D eigenvalue weighted by Crippen LogP contribution is 2.04. The molecule has 92 valence electrons. The Hall–Kier alpha value is -2.37. The fourth-order valence-electron chi connectivity index (χ4n) is 1.81. The van der Waals surface area contributed by atoms with Crippen LogP contribution in [0.2, 0.25) is 0 Å². The molecule has 3 aromatic heterocycles. The van der Waals surface area contributed by atoms with Crippen LogP contribution in [0.15, 0.2) is 36.7 Å². The van der Waals surface area contributed by atoms with Crippen LogP contribution in [0, 0.1) is 0 Å². The summed E-state index contributed by atoms with van der Waals surface area (Å²) in [5, 5.41) is 11.8. The molecule has 6 nitrogen and oxygen atoms in total. The first-order valence-electron chi connectivity index (χ1n) is 5.85. The third-order valence-electron chi connectivity index (χ3n) is 2.67. The van der Waals surface area contributed by atoms with Gasteiger partial charge in [-0.15, -0.1) is 5.10 Å². The summed E-state index contributed by atoms with van der Waals surface area (Å²) in [4.78, 5) is 4.36. The van der Waals surface area contributed by atoms with Crippen molar-refractivity contribution in [2.75, 3.05) is 11.9 Å². The van der Waals surface area contributed by atoms with Gasteiger partial charge in [0.25, 0.3) is 0 Å². The summed E-state index contributed by atoms with van der Waals surface area (Å²) in [5.41, 5.74) is 1.91. The first kappa shape index (κ1) is 10.8. The molecule has 0 unspecified atom stereocenters. The van der Waals surface area contributed by atoms with E-state index < -0.39 is 0 Å². The molecule has 0 radical (unpaired) electrons. The molecule has 0 spiro atoms. The summed E-state index contributed by atoms with van der Waals surface area (Å²) in [6.07, 6.45) is 4.68. The minimum absolute atomic E-state index is 0.650. The second kappa shape index (κ2) is 4.48. The molecule has 0 aliphatic rings. The fourth-order valence-corrected chi connectivity index (χ4v) is 1.81. The van der Waals surface area contributed by atoms with Crippen LogP contribution >= 0.6 is 0 Å². The molecule has 0 aromatic carbocycles. The summed E-state index contributed by atoms with van der Waals surface area (Å²) in [6, 6.07) is 7.82. The number of hydrogen-bond acceptors (Lipinski definition) is 4. The number of rotatable bonds is 4. The van der Waals surface area contributed by atoms with Gasteiger partial charge in [-0.05, 0) is 18.2 Å². The van der Waals surface area contributed by atoms with Gasteiger partial charge in [-0.2, -0.15) is 10.1 Å². The van der Waals surface area contributed by atoms with Gasteiger partial charge >= 0.3 is 0 Å². The molecular weight excluding hydrogens is 228 g/mol. The molecular formula is C12H14N6. The van der Waals surface area contributed by atoms with Crippen molar-refractivity contribution in [3.63, 3.8) is 0 Å². The van der Waals surface area contributed by atoms with E-state index in [1.165, 1.54) is 0 Å². The molecule has 18 heavy (non-hydrogen) atoms. The minimum Gasteiger partial charge on any atom is -0.353 e. The Balaban J connectivity index is 1.62. The highest BCUT2D eigenvalue weighted by atomic mass is 15.3. The molecule has 0 fully saturated rings. The third-order valence-corrected chi connectivity index (χ3v) is 2.67. The van der Waals surface area contributed by atoms with Crippen molar-refractivity contribution in [3.8, 4) is 0 Å². The van der Waals surface area contributed by atoms with Crippen molar-refractivity contribution in [3.05, 3.63) is 42.4 Å². The first-order chi connectivity index (χ1) is 8.81. The molecule has 0 atom stereocenters. The maximum Gasteiger partial charge on any atom is 0.243 e. The number of nitrogens with one attached hydrogen (secondary N) is 1. The monoisotopic (exact) mass is 242 g/mol. The van der Waals surface area contributed by atoms with Gasteiger partial charge in [0.2, 0.25) is 5.95 Å². The quantitative estimate of drug-likeness (QED) is 0.744. The van der Waals surface area contributed by atoms with Crippen molar-refractivity contribution in [2.24, 2.45) is 7.05 Å². The molecule has 0 amide bonds. The molecule has 3 rings (SSSR count). The number of anilines is 1. The van der Waals surface area contributed by atoms with Gasteiger partial charge in [-0.25, -0.2) is 4.52 Å². The molecule has 0 saturated carbocycles. The van der Waals surface area contributed by atoms with E-state index in [-0.39, 0.29) is 0 Å². The van der Waals surface area contributed by atoms with Gasteiger partial charge in [0.05, 0.1) is 5.69 Å². The summed E-state index contributed by atoms with van der Waals surface area (Å²) < 4.78 is 3.56. The smallest absolute Gasteiger partial charge is 0.243 e. The Morgan fingerprint density at radius 1 is 1.17 bits per heavy atom. The van der Waals surface area contributed by atoms with Crippen molar-refractivity contribution in [1.29, 1.82) is 0 Å². The van der Waals surface area contributed by atoms with E-state index in [4.69, 9.17) is 0 Å². The van der Waals surface area contributed by atoms with Crippen LogP contribution in [0.4, 0.5) is 5.95 Å². The number of hydrogen-bond donors (Lipinski definition) is 1. The molecule has 0 bridgehead atoms. The van der Waals surface area contributed by atoms with Gasteiger partial charge < -0.3 is 5.32 Å². The third kappa shape index (κ3) is 2.17. The standard InChI is InChI=1S/C12H14N6/c1-17-9-6-10(15-17)5-7-13-12-14-11-4-2-3-8-18(11)16-12/h2-4,6,8-9H,5,7H2,1H3,(H,13,16). The lowest BCUT2D eigenvalue weighted by Crippen LogP contribution is -2.07. The van der Waals surface area contributed by atoms with Crippen molar-refractivity contribution in [1.82, 2.24) is 24.4 Å². The van der Waals surface area contributed by atoms with E-state index >= 15 is 0 Å². The molecule has 3 heterocycles. The maximum absolute atomic E-state index is 4.36. The lowest BCUT2D eigenvalue weighted by Gasteiger charge is -1.98. The van der Waals surface area contributed by atoms with E-state index in [0.717, 1.165) is 24.3 Å². The summed E-state index contributed by atoms with van der Waals surface area (Å²) >= 11 is 0. The lowest BCUT2D eigenvalue weighted by atomic mass is 10.3. The maximum atomic E-state index is 4.36. The predicted molar refractivity (Wildman–Crippen MR) is 68.4 cm³/mol. The van der Waals surface area contributed by atoms with Crippen LogP contribution in [-0.2, 0) is 13.5 Å². The molecule has 3 aromatic rings. The summed E-state index contributed by atoms with van der Waals surface area (Å²) in [5.74, 6) is 0.650. The number of nitrogens with zero attached hydrogens (tertiary/aromatic N) is 5. The zero-order valence-corrected chi connectivity index (χ0v) is 10.1. The molecule has 0 aliphatic heterocycles. The Morgan fingerprint density at radius 2 is 2.11 bits per heavy atom. The van der Waals surface area contributed by atoms with E-state index in [1.54, 1.807) is 9.20 Å². The average Bonchev–Trinajstić information content (AvgIpc) is 2.95. The summed E-state index contributed by atoms with van der Waals surface area (Å²) in [6.45, 7) is 0.772. The average molecular weight is 242 g/mol. The predicted octanol–water partition coefficient (Wildman–Crippen LogP) is 1.12. The van der Waals surface area contributed by atoms with E-state index in [9.17, 15) is 0 Å². The topological polar surface area (TPSA) is 60.0 Å². The Kier molecular flexibility index (Phi) is 2.68. The molecule has 6 heteroatoms. The fraction of sp³-hybridized carbons (Fsp3) is 0.250. The highest BCUT2D eigenvalue weighted by Gasteiger charge is 2.02. The van der Waals surface area contributed by atoms with Gasteiger partial charge in [0.1, 0.15) is 0 Å². The van der Waals surface area contributed by atoms with E-state index in [1.807, 2.05) is 43.7 Å². The van der Waals surface area contributed by atoms with E-state index in [0.29, 0.717) is 5.95 Å².